The molecular formula is C17H26N2O. The Balaban J connectivity index is 1.84. The van der Waals surface area contributed by atoms with Crippen LogP contribution in [0.4, 0.5) is 0 Å². The van der Waals surface area contributed by atoms with Crippen molar-refractivity contribution in [2.24, 2.45) is 5.92 Å². The standard InChI is InChI=1S/C17H26N2O/c1-3-18-17-14-8-4-5-9-16(14)20-12-15(17)19-10-6-7-13(2)11-19/h4-5,8-9,13,15,17-18H,3,6-7,10-12H2,1-2H3. The number of para-hydroxylation sites is 1. The number of nitrogens with one attached hydrogen (secondary N) is 1. The van der Waals surface area contributed by atoms with E-state index >= 15 is 0 Å². The van der Waals surface area contributed by atoms with Crippen molar-refractivity contribution in [3.05, 3.63) is 29.8 Å². The van der Waals surface area contributed by atoms with Crippen LogP contribution < -0.4 is 10.1 Å². The lowest BCUT2D eigenvalue weighted by molar-refractivity contribution is 0.0552. The first kappa shape index (κ1) is 13.9. The first-order chi connectivity index (χ1) is 9.79. The Bertz CT molecular complexity index is 448. The van der Waals surface area contributed by atoms with Crippen molar-refractivity contribution in [3.63, 3.8) is 0 Å². The molecule has 1 N–H and O–H groups in total. The predicted octanol–water partition coefficient (Wildman–Crippen LogP) is 2.83. The van der Waals surface area contributed by atoms with Gasteiger partial charge in [0, 0.05) is 12.1 Å². The quantitative estimate of drug-likeness (QED) is 0.917. The number of hydrogen-bond acceptors (Lipinski definition) is 3. The van der Waals surface area contributed by atoms with Gasteiger partial charge < -0.3 is 10.1 Å². The Hall–Kier alpha value is -1.06. The van der Waals surface area contributed by atoms with Gasteiger partial charge in [-0.15, -0.1) is 0 Å². The van der Waals surface area contributed by atoms with Gasteiger partial charge in [-0.25, -0.2) is 0 Å². The Labute approximate surface area is 122 Å². The zero-order valence-corrected chi connectivity index (χ0v) is 12.6. The van der Waals surface area contributed by atoms with Gasteiger partial charge in [-0.1, -0.05) is 32.0 Å². The van der Waals surface area contributed by atoms with E-state index in [0.29, 0.717) is 12.1 Å². The molecule has 0 bridgehead atoms. The summed E-state index contributed by atoms with van der Waals surface area (Å²) in [4.78, 5) is 2.64. The summed E-state index contributed by atoms with van der Waals surface area (Å²) in [6.45, 7) is 8.78. The summed E-state index contributed by atoms with van der Waals surface area (Å²) in [6, 6.07) is 9.35. The molecule has 3 nitrogen and oxygen atoms in total. The minimum absolute atomic E-state index is 0.398. The van der Waals surface area contributed by atoms with Gasteiger partial charge in [-0.3, -0.25) is 4.90 Å². The first-order valence-corrected chi connectivity index (χ1v) is 7.98. The smallest absolute Gasteiger partial charge is 0.124 e. The van der Waals surface area contributed by atoms with E-state index in [1.54, 1.807) is 0 Å². The van der Waals surface area contributed by atoms with Gasteiger partial charge in [0.1, 0.15) is 12.4 Å². The molecule has 3 unspecified atom stereocenters. The monoisotopic (exact) mass is 274 g/mol. The van der Waals surface area contributed by atoms with Crippen molar-refractivity contribution in [1.82, 2.24) is 10.2 Å². The van der Waals surface area contributed by atoms with E-state index in [9.17, 15) is 0 Å². The number of fused-ring (bicyclic) bond motifs is 1. The lowest BCUT2D eigenvalue weighted by atomic mass is 9.91. The maximum Gasteiger partial charge on any atom is 0.124 e. The van der Waals surface area contributed by atoms with Crippen LogP contribution in [0.15, 0.2) is 24.3 Å². The van der Waals surface area contributed by atoms with Crippen molar-refractivity contribution < 1.29 is 4.74 Å². The molecule has 2 aliphatic rings. The summed E-state index contributed by atoms with van der Waals surface area (Å²) in [6.07, 6.45) is 2.69. The molecule has 1 aromatic carbocycles. The SMILES string of the molecule is CCNC1c2ccccc2OCC1N1CCCC(C)C1. The predicted molar refractivity (Wildman–Crippen MR) is 82.1 cm³/mol. The number of rotatable bonds is 3. The van der Waals surface area contributed by atoms with Crippen molar-refractivity contribution >= 4 is 0 Å². The maximum absolute atomic E-state index is 6.02. The molecule has 0 saturated carbocycles. The van der Waals surface area contributed by atoms with Crippen molar-refractivity contribution in [2.45, 2.75) is 38.8 Å². The van der Waals surface area contributed by atoms with Gasteiger partial charge in [0.15, 0.2) is 0 Å². The lowest BCUT2D eigenvalue weighted by Crippen LogP contribution is -2.53. The second-order valence-electron chi connectivity index (χ2n) is 6.19. The van der Waals surface area contributed by atoms with Crippen molar-refractivity contribution in [3.8, 4) is 5.75 Å². The van der Waals surface area contributed by atoms with E-state index in [2.05, 4.69) is 48.3 Å². The van der Waals surface area contributed by atoms with Crippen LogP contribution in [0, 0.1) is 5.92 Å². The second kappa shape index (κ2) is 6.15. The molecule has 20 heavy (non-hydrogen) atoms. The van der Waals surface area contributed by atoms with Crippen LogP contribution in [0.1, 0.15) is 38.3 Å². The van der Waals surface area contributed by atoms with Crippen molar-refractivity contribution in [2.75, 3.05) is 26.2 Å². The number of piperidine rings is 1. The summed E-state index contributed by atoms with van der Waals surface area (Å²) >= 11 is 0. The largest absolute Gasteiger partial charge is 0.492 e. The third-order valence-corrected chi connectivity index (χ3v) is 4.63. The summed E-state index contributed by atoms with van der Waals surface area (Å²) in [5.74, 6) is 1.86. The molecule has 0 amide bonds. The summed E-state index contributed by atoms with van der Waals surface area (Å²) < 4.78 is 6.02. The van der Waals surface area contributed by atoms with Gasteiger partial charge in [-0.05, 0) is 37.9 Å². The summed E-state index contributed by atoms with van der Waals surface area (Å²) in [5.41, 5.74) is 1.32. The van der Waals surface area contributed by atoms with E-state index in [1.807, 2.05) is 0 Å². The first-order valence-electron chi connectivity index (χ1n) is 7.98. The number of ether oxygens (including phenoxy) is 1. The number of likely N-dealkylation sites (N-methyl/N-ethyl adjacent to an activating group) is 1. The summed E-state index contributed by atoms with van der Waals surface area (Å²) in [5, 5.41) is 3.68. The second-order valence-corrected chi connectivity index (χ2v) is 6.19. The van der Waals surface area contributed by atoms with Gasteiger partial charge >= 0.3 is 0 Å². The molecule has 3 atom stereocenters. The Morgan fingerprint density at radius 2 is 2.20 bits per heavy atom. The highest BCUT2D eigenvalue weighted by Gasteiger charge is 2.35. The Morgan fingerprint density at radius 1 is 1.35 bits per heavy atom. The van der Waals surface area contributed by atoms with Crippen LogP contribution >= 0.6 is 0 Å². The third-order valence-electron chi connectivity index (χ3n) is 4.63. The molecule has 0 aliphatic carbocycles. The van der Waals surface area contributed by atoms with Crippen LogP contribution in [0.5, 0.6) is 5.75 Å². The number of benzene rings is 1. The molecule has 3 heteroatoms. The molecule has 0 radical (unpaired) electrons. The molecule has 1 fully saturated rings. The third kappa shape index (κ3) is 2.70. The minimum atomic E-state index is 0.398. The van der Waals surface area contributed by atoms with E-state index in [0.717, 1.165) is 24.8 Å². The molecule has 1 aromatic rings. The molecule has 110 valence electrons. The van der Waals surface area contributed by atoms with E-state index in [1.165, 1.54) is 31.5 Å². The highest BCUT2D eigenvalue weighted by Crippen LogP contribution is 2.35. The molecule has 0 spiro atoms. The molecule has 2 aliphatic heterocycles. The number of likely N-dealkylation sites (tertiary alicyclic amines) is 1. The summed E-state index contributed by atoms with van der Waals surface area (Å²) in [7, 11) is 0. The van der Waals surface area contributed by atoms with Gasteiger partial charge in [-0.2, -0.15) is 0 Å². The normalized spacial score (nSPS) is 30.6. The minimum Gasteiger partial charge on any atom is -0.492 e. The Morgan fingerprint density at radius 3 is 3.00 bits per heavy atom. The van der Waals surface area contributed by atoms with Crippen LogP contribution in [0.25, 0.3) is 0 Å². The van der Waals surface area contributed by atoms with Crippen LogP contribution in [0.3, 0.4) is 0 Å². The van der Waals surface area contributed by atoms with Crippen LogP contribution in [0.2, 0.25) is 0 Å². The topological polar surface area (TPSA) is 24.5 Å². The van der Waals surface area contributed by atoms with Crippen LogP contribution in [-0.4, -0.2) is 37.2 Å². The van der Waals surface area contributed by atoms with Gasteiger partial charge in [0.25, 0.3) is 0 Å². The molecular weight excluding hydrogens is 248 g/mol. The van der Waals surface area contributed by atoms with Gasteiger partial charge in [0.05, 0.1) is 12.1 Å². The fourth-order valence-electron chi connectivity index (χ4n) is 3.66. The molecule has 2 heterocycles. The van der Waals surface area contributed by atoms with Crippen LogP contribution in [-0.2, 0) is 0 Å². The number of hydrogen-bond donors (Lipinski definition) is 1. The zero-order chi connectivity index (χ0) is 13.9. The highest BCUT2D eigenvalue weighted by atomic mass is 16.5. The van der Waals surface area contributed by atoms with E-state index in [-0.39, 0.29) is 0 Å². The average molecular weight is 274 g/mol. The Kier molecular flexibility index (Phi) is 4.27. The van der Waals surface area contributed by atoms with Gasteiger partial charge in [0.2, 0.25) is 0 Å². The lowest BCUT2D eigenvalue weighted by Gasteiger charge is -2.43. The average Bonchev–Trinajstić information content (AvgIpc) is 2.48. The van der Waals surface area contributed by atoms with E-state index < -0.39 is 0 Å². The molecule has 0 aromatic heterocycles. The highest BCUT2D eigenvalue weighted by molar-refractivity contribution is 5.38. The molecule has 1 saturated heterocycles. The van der Waals surface area contributed by atoms with E-state index in [4.69, 9.17) is 4.74 Å². The van der Waals surface area contributed by atoms with Crippen molar-refractivity contribution in [1.29, 1.82) is 0 Å². The zero-order valence-electron chi connectivity index (χ0n) is 12.6. The number of nitrogens with zero attached hydrogens (tertiary/aromatic N) is 1. The fourth-order valence-corrected chi connectivity index (χ4v) is 3.66. The maximum atomic E-state index is 6.02. The molecule has 3 rings (SSSR count). The fraction of sp³-hybridized carbons (Fsp3) is 0.647.